The summed E-state index contributed by atoms with van der Waals surface area (Å²) in [5.74, 6) is -6.75. The molecule has 0 bridgehead atoms. The Balaban J connectivity index is 1.65. The zero-order valence-electron chi connectivity index (χ0n) is 47.8. The molecule has 0 spiro atoms. The molecule has 82 heavy (non-hydrogen) atoms. The molecule has 0 saturated carbocycles. The van der Waals surface area contributed by atoms with Gasteiger partial charge >= 0.3 is 0 Å². The van der Waals surface area contributed by atoms with Crippen LogP contribution in [0.25, 0.3) is 0 Å². The summed E-state index contributed by atoms with van der Waals surface area (Å²) in [6, 6.07) is 9.27. The number of likely N-dealkylation sites (tertiary alicyclic amines) is 1. The molecule has 3 aromatic carbocycles. The molecular formula is C57H80N7O17S-. The lowest BCUT2D eigenvalue weighted by Gasteiger charge is -2.44. The maximum Gasteiger partial charge on any atom is 0.252 e. The fourth-order valence-electron chi connectivity index (χ4n) is 9.41. The number of benzene rings is 3. The third kappa shape index (κ3) is 19.6. The number of amides is 7. The van der Waals surface area contributed by atoms with Crippen LogP contribution in [0.15, 0.2) is 72.8 Å². The van der Waals surface area contributed by atoms with E-state index in [4.69, 9.17) is 9.47 Å². The number of ether oxygens (including phenoxy) is 2. The van der Waals surface area contributed by atoms with Crippen LogP contribution in [0.4, 0.5) is 0 Å². The predicted octanol–water partition coefficient (Wildman–Crippen LogP) is 1.36. The maximum absolute atomic E-state index is 15.1. The van der Waals surface area contributed by atoms with Crippen molar-refractivity contribution in [3.63, 3.8) is 0 Å². The van der Waals surface area contributed by atoms with Gasteiger partial charge < -0.3 is 70.8 Å². The number of methoxy groups -OCH3 is 2. The first kappa shape index (κ1) is 67.5. The van der Waals surface area contributed by atoms with E-state index >= 15 is 4.79 Å². The standard InChI is InChI=1S/C57H81N7O17S/c1-10-32(3)48(34(5)65)61-53(72)45(30-38-16-24-41(79-8)25-17-38)63(7)57(76)50(33(4)11-2)64-47(69)29-28-44(56(64)75)60-51(70)42(26-18-36-12-20-39(67)21-13-36)59-55(74)49(35(6)66)62-52(71)43(27-19-37-14-22-40(68)23-15-37)58-54(73)46(80-9)31-81-82(77)78/h12-17,20-25,32-33,35,42-50,66-69H,10-11,18-19,26-31H2,1-9H3,(H,58,73)(H,59,74)(H,60,70)(H,61,72)(H,62,71)(H,77,78)/p-1/t32?,33?,35-,42?,43?,44?,45?,46?,47?,48+,49+,50+/m1/s1. The Labute approximate surface area is 480 Å². The number of Topliss-reactive ketones (excluding diaryl/α,β-unsaturated/α-hetero) is 1. The van der Waals surface area contributed by atoms with Gasteiger partial charge in [0.1, 0.15) is 59.7 Å². The van der Waals surface area contributed by atoms with E-state index in [1.165, 1.54) is 57.2 Å². The number of aryl methyl sites for hydroxylation is 2. The number of nitrogens with one attached hydrogen (secondary N) is 5. The second-order valence-electron chi connectivity index (χ2n) is 20.7. The van der Waals surface area contributed by atoms with Gasteiger partial charge in [-0.15, -0.1) is 0 Å². The van der Waals surface area contributed by atoms with E-state index < -0.39 is 126 Å². The number of likely N-dealkylation sites (N-methyl/N-ethyl adjacent to an activating group) is 1. The van der Waals surface area contributed by atoms with Gasteiger partial charge in [0.05, 0.1) is 37.2 Å². The summed E-state index contributed by atoms with van der Waals surface area (Å²) in [5.41, 5.74) is 1.90. The lowest BCUT2D eigenvalue weighted by Crippen LogP contribution is -2.66. The maximum atomic E-state index is 15.1. The van der Waals surface area contributed by atoms with Crippen LogP contribution in [0.5, 0.6) is 17.2 Å². The van der Waals surface area contributed by atoms with E-state index in [9.17, 15) is 62.7 Å². The van der Waals surface area contributed by atoms with Crippen LogP contribution in [0.1, 0.15) is 96.8 Å². The molecule has 1 heterocycles. The number of rotatable bonds is 32. The van der Waals surface area contributed by atoms with E-state index in [0.29, 0.717) is 35.3 Å². The summed E-state index contributed by atoms with van der Waals surface area (Å²) >= 11 is -3.01. The largest absolute Gasteiger partial charge is 0.750 e. The van der Waals surface area contributed by atoms with Crippen molar-refractivity contribution in [2.75, 3.05) is 27.9 Å². The molecule has 1 saturated heterocycles. The zero-order chi connectivity index (χ0) is 61.0. The summed E-state index contributed by atoms with van der Waals surface area (Å²) in [5, 5.41) is 55.5. The number of phenolic OH excluding ortho intramolecular Hbond substituents is 2. The van der Waals surface area contributed by atoms with Crippen LogP contribution in [0.2, 0.25) is 0 Å². The average Bonchev–Trinajstić information content (AvgIpc) is 3.66. The Bertz CT molecular complexity index is 2650. The summed E-state index contributed by atoms with van der Waals surface area (Å²) < 4.78 is 37.1. The average molecular weight is 1170 g/mol. The Hall–Kier alpha value is -7.03. The van der Waals surface area contributed by atoms with Gasteiger partial charge in [-0.1, -0.05) is 76.9 Å². The van der Waals surface area contributed by atoms with Crippen molar-refractivity contribution >= 4 is 58.5 Å². The van der Waals surface area contributed by atoms with Crippen LogP contribution in [0, 0.1) is 11.8 Å². The van der Waals surface area contributed by atoms with Crippen molar-refractivity contribution in [2.45, 2.75) is 160 Å². The highest BCUT2D eigenvalue weighted by molar-refractivity contribution is 7.74. The van der Waals surface area contributed by atoms with Gasteiger partial charge in [-0.2, -0.15) is 0 Å². The van der Waals surface area contributed by atoms with Gasteiger partial charge in [0.15, 0.2) is 11.9 Å². The number of carbonyl (C=O) groups is 8. The molecule has 452 valence electrons. The van der Waals surface area contributed by atoms with Crippen LogP contribution in [-0.4, -0.2) is 175 Å². The Morgan fingerprint density at radius 3 is 1.72 bits per heavy atom. The Morgan fingerprint density at radius 1 is 0.720 bits per heavy atom. The summed E-state index contributed by atoms with van der Waals surface area (Å²) in [7, 11) is 4.02. The summed E-state index contributed by atoms with van der Waals surface area (Å²) in [6.45, 7) is 9.01. The molecule has 0 radical (unpaired) electrons. The quantitative estimate of drug-likeness (QED) is 0.0399. The highest BCUT2D eigenvalue weighted by Gasteiger charge is 2.47. The molecule has 7 amide bonds. The van der Waals surface area contributed by atoms with Crippen LogP contribution < -0.4 is 31.3 Å². The van der Waals surface area contributed by atoms with Gasteiger partial charge in [-0.3, -0.25) is 42.5 Å². The van der Waals surface area contributed by atoms with Crippen LogP contribution in [0.3, 0.4) is 0 Å². The van der Waals surface area contributed by atoms with Gasteiger partial charge in [-0.05, 0) is 117 Å². The van der Waals surface area contributed by atoms with Gasteiger partial charge in [-0.25, -0.2) is 4.21 Å². The molecule has 0 aromatic heterocycles. The number of aliphatic hydroxyl groups is 2. The molecule has 1 aliphatic heterocycles. The second-order valence-corrected chi connectivity index (χ2v) is 21.3. The van der Waals surface area contributed by atoms with E-state index in [1.54, 1.807) is 62.4 Å². The molecule has 13 atom stereocenters. The topological polar surface area (TPSA) is 352 Å². The first-order valence-electron chi connectivity index (χ1n) is 27.3. The van der Waals surface area contributed by atoms with Gasteiger partial charge in [0.2, 0.25) is 35.4 Å². The lowest BCUT2D eigenvalue weighted by atomic mass is 9.91. The van der Waals surface area contributed by atoms with E-state index in [2.05, 4.69) is 30.8 Å². The number of aliphatic hydroxyl groups excluding tert-OH is 2. The Morgan fingerprint density at radius 2 is 1.23 bits per heavy atom. The minimum Gasteiger partial charge on any atom is -0.750 e. The molecule has 4 rings (SSSR count). The minimum absolute atomic E-state index is 0.0134. The van der Waals surface area contributed by atoms with Crippen molar-refractivity contribution in [3.05, 3.63) is 89.5 Å². The number of hydrogen-bond donors (Lipinski definition) is 9. The molecule has 1 aliphatic rings. The second kappa shape index (κ2) is 32.6. The van der Waals surface area contributed by atoms with Gasteiger partial charge in [0, 0.05) is 20.6 Å². The zero-order valence-corrected chi connectivity index (χ0v) is 48.6. The Kier molecular flexibility index (Phi) is 26.8. The molecule has 3 aromatic rings. The number of ketones is 1. The number of nitrogens with zero attached hydrogens (tertiary/aromatic N) is 2. The highest BCUT2D eigenvalue weighted by Crippen LogP contribution is 2.28. The summed E-state index contributed by atoms with van der Waals surface area (Å²) in [6.07, 6.45) is -4.06. The molecular weight excluding hydrogens is 1090 g/mol. The number of phenols is 2. The SMILES string of the molecule is CCC(C)[C@H](NC(=O)C(Cc1ccc(OC)cc1)N(C)C(=O)[C@H](C(C)CC)N1C(=O)C(NC(=O)C(CCc2ccc(O)cc2)NC(=O)[C@@H](NC(=O)C(CCc2ccc(O)cc2)NC(=O)C(COS(=O)[O-])OC)[C@@H](C)O)CCC1O)C(C)=O. The fraction of sp³-hybridized carbons (Fsp3) is 0.544. The highest BCUT2D eigenvalue weighted by atomic mass is 32.2. The lowest BCUT2D eigenvalue weighted by molar-refractivity contribution is -0.168. The van der Waals surface area contributed by atoms with Crippen LogP contribution in [-0.2, 0) is 77.9 Å². The molecule has 24 nitrogen and oxygen atoms in total. The molecule has 9 N–H and O–H groups in total. The fourth-order valence-corrected chi connectivity index (χ4v) is 9.65. The first-order chi connectivity index (χ1) is 38.8. The third-order valence-electron chi connectivity index (χ3n) is 14.8. The minimum atomic E-state index is -3.01. The number of carbonyl (C=O) groups excluding carboxylic acids is 8. The monoisotopic (exact) mass is 1170 g/mol. The molecule has 1 fully saturated rings. The normalized spacial score (nSPS) is 18.3. The van der Waals surface area contributed by atoms with E-state index in [0.717, 1.165) is 12.0 Å². The van der Waals surface area contributed by atoms with Crippen LogP contribution >= 0.6 is 0 Å². The number of hydrogen-bond acceptors (Lipinski definition) is 17. The van der Waals surface area contributed by atoms with Crippen molar-refractivity contribution in [2.24, 2.45) is 11.8 Å². The van der Waals surface area contributed by atoms with E-state index in [1.807, 2.05) is 13.8 Å². The van der Waals surface area contributed by atoms with Crippen molar-refractivity contribution in [1.29, 1.82) is 0 Å². The first-order valence-corrected chi connectivity index (χ1v) is 28.3. The number of aromatic hydroxyl groups is 2. The number of piperidine rings is 1. The molecule has 25 heteroatoms. The predicted molar refractivity (Wildman–Crippen MR) is 299 cm³/mol. The van der Waals surface area contributed by atoms with Gasteiger partial charge in [0.25, 0.3) is 5.91 Å². The van der Waals surface area contributed by atoms with E-state index in [-0.39, 0.29) is 68.1 Å². The smallest absolute Gasteiger partial charge is 0.252 e. The molecule has 9 unspecified atom stereocenters. The van der Waals surface area contributed by atoms with Crippen molar-refractivity contribution in [3.8, 4) is 17.2 Å². The third-order valence-corrected chi connectivity index (χ3v) is 15.2. The van der Waals surface area contributed by atoms with Crippen molar-refractivity contribution < 1.29 is 81.2 Å². The van der Waals surface area contributed by atoms with Crippen molar-refractivity contribution in [1.82, 2.24) is 36.4 Å². The molecule has 0 aliphatic carbocycles. The summed E-state index contributed by atoms with van der Waals surface area (Å²) in [4.78, 5) is 116.